The summed E-state index contributed by atoms with van der Waals surface area (Å²) in [5, 5.41) is 5.12. The summed E-state index contributed by atoms with van der Waals surface area (Å²) in [5.41, 5.74) is 13.0. The van der Waals surface area contributed by atoms with Gasteiger partial charge in [0.05, 0.1) is 10.9 Å². The van der Waals surface area contributed by atoms with Crippen molar-refractivity contribution in [3.8, 4) is 62.1 Å². The number of allylic oxidation sites excluding steroid dienone is 2. The zero-order valence-electron chi connectivity index (χ0n) is 34.6. The second-order valence-corrected chi connectivity index (χ2v) is 15.8. The van der Waals surface area contributed by atoms with Crippen LogP contribution in [0.5, 0.6) is 0 Å². The van der Waals surface area contributed by atoms with E-state index >= 15 is 0 Å². The van der Waals surface area contributed by atoms with Crippen LogP contribution in [0, 0.1) is 0 Å². The molecule has 0 spiro atoms. The zero-order chi connectivity index (χ0) is 42.3. The van der Waals surface area contributed by atoms with Crippen LogP contribution in [-0.2, 0) is 0 Å². The Morgan fingerprint density at radius 2 is 1.06 bits per heavy atom. The SMILES string of the molecule is C=c1/c(=C\C=C(/C)c2ccc3oc4cccc(-c5nc(-c6ccccc6)nc(-c6cc(-c7ccccc7)cc(-c7ccccc7)c6)n5)c4c3c2)n(-c2ccccc2)c2ccccc12. The number of nitrogens with zero attached hydrogens (tertiary/aromatic N) is 4. The number of fused-ring (bicyclic) bond motifs is 4. The minimum absolute atomic E-state index is 0.571. The maximum Gasteiger partial charge on any atom is 0.164 e. The molecular formula is C58H40N4O. The summed E-state index contributed by atoms with van der Waals surface area (Å²) >= 11 is 0. The highest BCUT2D eigenvalue weighted by Crippen LogP contribution is 2.39. The number of hydrogen-bond donors (Lipinski definition) is 0. The van der Waals surface area contributed by atoms with E-state index in [2.05, 4.69) is 170 Å². The van der Waals surface area contributed by atoms with E-state index < -0.39 is 0 Å². The summed E-state index contributed by atoms with van der Waals surface area (Å²) in [4.78, 5) is 15.6. The fourth-order valence-corrected chi connectivity index (χ4v) is 8.61. The molecule has 0 unspecified atom stereocenters. The Morgan fingerprint density at radius 3 is 1.75 bits per heavy atom. The highest BCUT2D eigenvalue weighted by Gasteiger charge is 2.19. The molecule has 0 atom stereocenters. The molecule has 0 aliphatic rings. The molecule has 0 fully saturated rings. The molecule has 0 radical (unpaired) electrons. The van der Waals surface area contributed by atoms with Crippen LogP contribution in [0.1, 0.15) is 12.5 Å². The maximum atomic E-state index is 6.54. The smallest absolute Gasteiger partial charge is 0.164 e. The van der Waals surface area contributed by atoms with E-state index in [0.717, 1.165) is 99.2 Å². The maximum absolute atomic E-state index is 6.54. The van der Waals surface area contributed by atoms with E-state index in [1.165, 1.54) is 0 Å². The van der Waals surface area contributed by atoms with Crippen molar-refractivity contribution in [2.24, 2.45) is 0 Å². The van der Waals surface area contributed by atoms with Gasteiger partial charge in [-0.15, -0.1) is 0 Å². The first-order chi connectivity index (χ1) is 31.1. The standard InChI is InChI=1S/C58H40N4O/c1-38(30-32-51-39(2)48-26-15-16-28-52(48)62(51)47-24-13-6-14-25-47)43-31-33-53-50(37-43)55-49(27-17-29-54(55)63-53)58-60-56(42-22-11-5-12-23-42)59-57(61-58)46-35-44(40-18-7-3-8-19-40)34-45(36-46)41-20-9-4-10-21-41/h3-37H,2H2,1H3/b38-30+,51-32+. The lowest BCUT2D eigenvalue weighted by atomic mass is 9.96. The van der Waals surface area contributed by atoms with Gasteiger partial charge in [0.25, 0.3) is 0 Å². The molecule has 0 aliphatic carbocycles. The van der Waals surface area contributed by atoms with Gasteiger partial charge in [0, 0.05) is 43.8 Å². The molecule has 0 aliphatic heterocycles. The van der Waals surface area contributed by atoms with Crippen molar-refractivity contribution in [3.05, 3.63) is 222 Å². The second kappa shape index (κ2) is 15.9. The van der Waals surface area contributed by atoms with Crippen LogP contribution >= 0.6 is 0 Å². The quantitative estimate of drug-likeness (QED) is 0.153. The Hall–Kier alpha value is -8.41. The van der Waals surface area contributed by atoms with E-state index in [-0.39, 0.29) is 0 Å². The van der Waals surface area contributed by atoms with Gasteiger partial charge in [-0.05, 0) is 101 Å². The third-order valence-corrected chi connectivity index (χ3v) is 11.8. The molecule has 298 valence electrons. The largest absolute Gasteiger partial charge is 0.456 e. The molecule has 0 amide bonds. The summed E-state index contributed by atoms with van der Waals surface area (Å²) in [6.45, 7) is 6.68. The van der Waals surface area contributed by atoms with E-state index in [1.807, 2.05) is 60.7 Å². The van der Waals surface area contributed by atoms with Gasteiger partial charge in [-0.25, -0.2) is 15.0 Å². The van der Waals surface area contributed by atoms with Gasteiger partial charge in [-0.1, -0.05) is 158 Å². The van der Waals surface area contributed by atoms with E-state index in [1.54, 1.807) is 0 Å². The van der Waals surface area contributed by atoms with Crippen LogP contribution in [0.2, 0.25) is 0 Å². The monoisotopic (exact) mass is 808 g/mol. The summed E-state index contributed by atoms with van der Waals surface area (Å²) in [7, 11) is 0. The van der Waals surface area contributed by atoms with E-state index in [4.69, 9.17) is 19.4 Å². The molecule has 0 saturated carbocycles. The lowest BCUT2D eigenvalue weighted by molar-refractivity contribution is 0.669. The van der Waals surface area contributed by atoms with Crippen molar-refractivity contribution in [2.45, 2.75) is 6.92 Å². The zero-order valence-corrected chi connectivity index (χ0v) is 34.6. The van der Waals surface area contributed by atoms with Gasteiger partial charge in [0.15, 0.2) is 17.5 Å². The topological polar surface area (TPSA) is 56.7 Å². The molecule has 8 aromatic carbocycles. The van der Waals surface area contributed by atoms with Crippen molar-refractivity contribution >= 4 is 51.1 Å². The van der Waals surface area contributed by atoms with Crippen LogP contribution in [0.4, 0.5) is 0 Å². The Kier molecular flexibility index (Phi) is 9.48. The predicted molar refractivity (Wildman–Crippen MR) is 260 cm³/mol. The molecule has 5 heteroatoms. The van der Waals surface area contributed by atoms with Crippen molar-refractivity contribution in [2.75, 3.05) is 0 Å². The van der Waals surface area contributed by atoms with E-state index in [9.17, 15) is 0 Å². The Balaban J connectivity index is 1.08. The average molecular weight is 809 g/mol. The fraction of sp³-hybridized carbons (Fsp3) is 0.0172. The van der Waals surface area contributed by atoms with Crippen molar-refractivity contribution in [1.29, 1.82) is 0 Å². The van der Waals surface area contributed by atoms with Crippen LogP contribution in [0.3, 0.4) is 0 Å². The number of rotatable bonds is 8. The Bertz CT molecular complexity index is 3570. The number of hydrogen-bond acceptors (Lipinski definition) is 4. The van der Waals surface area contributed by atoms with Crippen LogP contribution < -0.4 is 10.6 Å². The summed E-state index contributed by atoms with van der Waals surface area (Å²) in [6, 6.07) is 69.1. The predicted octanol–water partition coefficient (Wildman–Crippen LogP) is 13.3. The summed E-state index contributed by atoms with van der Waals surface area (Å²) < 4.78 is 8.83. The first kappa shape index (κ1) is 37.6. The van der Waals surface area contributed by atoms with Gasteiger partial charge in [-0.2, -0.15) is 0 Å². The Labute approximate surface area is 365 Å². The molecule has 3 aromatic heterocycles. The second-order valence-electron chi connectivity index (χ2n) is 15.8. The normalized spacial score (nSPS) is 12.1. The van der Waals surface area contributed by atoms with Crippen molar-refractivity contribution in [1.82, 2.24) is 19.5 Å². The lowest BCUT2D eigenvalue weighted by Gasteiger charge is -2.13. The van der Waals surface area contributed by atoms with Gasteiger partial charge in [0.1, 0.15) is 11.2 Å². The van der Waals surface area contributed by atoms with Crippen LogP contribution in [-0.4, -0.2) is 19.5 Å². The number of benzene rings is 8. The lowest BCUT2D eigenvalue weighted by Crippen LogP contribution is -2.26. The van der Waals surface area contributed by atoms with Crippen molar-refractivity contribution in [3.63, 3.8) is 0 Å². The minimum Gasteiger partial charge on any atom is -0.456 e. The molecule has 63 heavy (non-hydrogen) atoms. The molecule has 0 bridgehead atoms. The Morgan fingerprint density at radius 1 is 0.492 bits per heavy atom. The van der Waals surface area contributed by atoms with Crippen LogP contribution in [0.25, 0.3) is 113 Å². The number of furan rings is 1. The first-order valence-corrected chi connectivity index (χ1v) is 21.1. The first-order valence-electron chi connectivity index (χ1n) is 21.1. The van der Waals surface area contributed by atoms with Crippen LogP contribution in [0.15, 0.2) is 211 Å². The molecular weight excluding hydrogens is 769 g/mol. The third-order valence-electron chi connectivity index (χ3n) is 11.8. The van der Waals surface area contributed by atoms with Gasteiger partial charge < -0.3 is 8.98 Å². The summed E-state index contributed by atoms with van der Waals surface area (Å²) in [5.74, 6) is 1.76. The number of aromatic nitrogens is 4. The molecule has 0 N–H and O–H groups in total. The van der Waals surface area contributed by atoms with Gasteiger partial charge in [-0.3, -0.25) is 0 Å². The molecule has 3 heterocycles. The minimum atomic E-state index is 0.571. The highest BCUT2D eigenvalue weighted by molar-refractivity contribution is 6.12. The molecule has 5 nitrogen and oxygen atoms in total. The fourth-order valence-electron chi connectivity index (χ4n) is 8.61. The van der Waals surface area contributed by atoms with Gasteiger partial charge >= 0.3 is 0 Å². The molecule has 11 aromatic rings. The molecule has 11 rings (SSSR count). The van der Waals surface area contributed by atoms with Gasteiger partial charge in [0.2, 0.25) is 0 Å². The average Bonchev–Trinajstić information content (AvgIpc) is 3.88. The van der Waals surface area contributed by atoms with Crippen molar-refractivity contribution < 1.29 is 4.42 Å². The van der Waals surface area contributed by atoms with E-state index in [0.29, 0.717) is 17.5 Å². The number of para-hydroxylation sites is 2. The summed E-state index contributed by atoms with van der Waals surface area (Å²) in [6.07, 6.45) is 4.37. The highest BCUT2D eigenvalue weighted by atomic mass is 16.3. The molecule has 0 saturated heterocycles. The third kappa shape index (κ3) is 7.02.